The summed E-state index contributed by atoms with van der Waals surface area (Å²) in [6.45, 7) is 6.75. The Kier molecular flexibility index (Phi) is 7.95. The van der Waals surface area contributed by atoms with Crippen LogP contribution in [0.25, 0.3) is 0 Å². The Hall–Kier alpha value is -4.08. The third-order valence-electron chi connectivity index (χ3n) is 10.5. The van der Waals surface area contributed by atoms with Gasteiger partial charge in [-0.3, -0.25) is 14.5 Å². The van der Waals surface area contributed by atoms with Crippen LogP contribution in [0.3, 0.4) is 0 Å². The number of anilines is 1. The highest BCUT2D eigenvalue weighted by atomic mass is 28.4. The minimum Gasteiger partial charge on any atom is -0.508 e. The molecule has 47 heavy (non-hydrogen) atoms. The van der Waals surface area contributed by atoms with Crippen molar-refractivity contribution in [3.8, 4) is 5.75 Å². The Balaban J connectivity index is 1.30. The van der Waals surface area contributed by atoms with Gasteiger partial charge < -0.3 is 19.4 Å². The second kappa shape index (κ2) is 11.9. The molecule has 242 valence electrons. The number of benzene rings is 4. The number of imide groups is 1. The van der Waals surface area contributed by atoms with E-state index in [0.29, 0.717) is 17.7 Å². The number of ether oxygens (including phenoxy) is 1. The number of fused-ring (bicyclic) bond motifs is 3. The highest BCUT2D eigenvalue weighted by Crippen LogP contribution is 2.59. The van der Waals surface area contributed by atoms with Crippen molar-refractivity contribution in [3.05, 3.63) is 121 Å². The van der Waals surface area contributed by atoms with Crippen molar-refractivity contribution in [2.45, 2.75) is 50.5 Å². The number of nitrogens with zero attached hydrogens (tertiary/aromatic N) is 1. The van der Waals surface area contributed by atoms with Crippen molar-refractivity contribution in [2.24, 2.45) is 23.7 Å². The van der Waals surface area contributed by atoms with Gasteiger partial charge in [0, 0.05) is 18.4 Å². The van der Waals surface area contributed by atoms with Crippen LogP contribution < -0.4 is 15.3 Å². The molecule has 8 heteroatoms. The minimum atomic E-state index is -2.99. The maximum absolute atomic E-state index is 14.1. The minimum absolute atomic E-state index is 0.0970. The fourth-order valence-electron chi connectivity index (χ4n) is 8.43. The first-order valence-corrected chi connectivity index (χ1v) is 18.3. The van der Waals surface area contributed by atoms with Crippen LogP contribution in [0.4, 0.5) is 5.69 Å². The molecule has 1 aliphatic carbocycles. The number of hydrogen-bond acceptors (Lipinski definition) is 6. The molecule has 2 heterocycles. The molecule has 2 aliphatic heterocycles. The van der Waals surface area contributed by atoms with Crippen molar-refractivity contribution >= 4 is 36.2 Å². The standard InChI is InChI=1S/C39H41NO6Si/c1-38(2,3)47(30-18-9-5-10-19-30,31-20-11-6-12-21-31)45-25-27-23-32-35(37(43)40(36(32)42)28-15-7-4-8-16-28)33-24-34(46-39(27,33)44)26-14-13-17-29(41)22-26/h4-22,27,32-35,41,44H,23-25H2,1-3H3/t27-,32+,33+,34+,35+,39-/m1/s1. The second-order valence-corrected chi connectivity index (χ2v) is 18.5. The van der Waals surface area contributed by atoms with Crippen molar-refractivity contribution in [1.82, 2.24) is 0 Å². The third kappa shape index (κ3) is 5.15. The maximum Gasteiger partial charge on any atom is 0.261 e. The molecule has 4 aromatic rings. The van der Waals surface area contributed by atoms with Gasteiger partial charge in [0.05, 0.1) is 23.6 Å². The number of carbonyl (C=O) groups excluding carboxylic acids is 2. The molecule has 3 aliphatic rings. The van der Waals surface area contributed by atoms with Gasteiger partial charge in [-0.2, -0.15) is 0 Å². The van der Waals surface area contributed by atoms with Crippen LogP contribution in [0.1, 0.15) is 45.3 Å². The molecule has 7 rings (SSSR count). The topological polar surface area (TPSA) is 96.3 Å². The molecule has 6 atom stereocenters. The van der Waals surface area contributed by atoms with E-state index < -0.39 is 43.9 Å². The van der Waals surface area contributed by atoms with Gasteiger partial charge in [-0.25, -0.2) is 0 Å². The first kappa shape index (κ1) is 31.5. The summed E-state index contributed by atoms with van der Waals surface area (Å²) in [7, 11) is -2.99. The number of carbonyl (C=O) groups is 2. The number of para-hydroxylation sites is 1. The molecular formula is C39H41NO6Si. The number of hydrogen-bond donors (Lipinski definition) is 2. The molecular weight excluding hydrogens is 607 g/mol. The van der Waals surface area contributed by atoms with E-state index in [2.05, 4.69) is 45.0 Å². The van der Waals surface area contributed by atoms with Gasteiger partial charge in [0.15, 0.2) is 5.79 Å². The predicted octanol–water partition coefficient (Wildman–Crippen LogP) is 5.56. The summed E-state index contributed by atoms with van der Waals surface area (Å²) in [4.78, 5) is 29.5. The average Bonchev–Trinajstić information content (AvgIpc) is 3.55. The predicted molar refractivity (Wildman–Crippen MR) is 183 cm³/mol. The van der Waals surface area contributed by atoms with Crippen molar-refractivity contribution < 1.29 is 29.0 Å². The summed E-state index contributed by atoms with van der Waals surface area (Å²) in [6.07, 6.45) is 0.00885. The number of amides is 2. The lowest BCUT2D eigenvalue weighted by atomic mass is 9.64. The smallest absolute Gasteiger partial charge is 0.261 e. The van der Waals surface area contributed by atoms with E-state index >= 15 is 0 Å². The number of rotatable bonds is 7. The summed E-state index contributed by atoms with van der Waals surface area (Å²) >= 11 is 0. The summed E-state index contributed by atoms with van der Waals surface area (Å²) < 4.78 is 13.9. The Morgan fingerprint density at radius 2 is 1.43 bits per heavy atom. The molecule has 0 unspecified atom stereocenters. The summed E-state index contributed by atoms with van der Waals surface area (Å²) in [6, 6.07) is 36.5. The van der Waals surface area contributed by atoms with Crippen molar-refractivity contribution in [2.75, 3.05) is 11.5 Å². The molecule has 0 spiro atoms. The van der Waals surface area contributed by atoms with Crippen LogP contribution in [0.5, 0.6) is 5.75 Å². The summed E-state index contributed by atoms with van der Waals surface area (Å²) in [5.74, 6) is -4.78. The SMILES string of the molecule is CC(C)(C)[Si](OC[C@H]1C[C@@H]2C(=O)N(c3ccccc3)C(=O)[C@@H]2[C@@H]2C[C@@H](c3cccc(O)c3)O[C@]12O)(c1ccccc1)c1ccccc1. The first-order valence-electron chi connectivity index (χ1n) is 16.4. The lowest BCUT2D eigenvalue weighted by Crippen LogP contribution is -2.67. The fraction of sp³-hybridized carbons (Fsp3) is 0.333. The Morgan fingerprint density at radius 3 is 2.00 bits per heavy atom. The monoisotopic (exact) mass is 647 g/mol. The largest absolute Gasteiger partial charge is 0.508 e. The summed E-state index contributed by atoms with van der Waals surface area (Å²) in [5, 5.41) is 24.9. The van der Waals surface area contributed by atoms with E-state index in [9.17, 15) is 19.8 Å². The van der Waals surface area contributed by atoms with E-state index in [1.807, 2.05) is 60.7 Å². The summed E-state index contributed by atoms with van der Waals surface area (Å²) in [5.41, 5.74) is 1.25. The molecule has 4 aromatic carbocycles. The molecule has 0 bridgehead atoms. The lowest BCUT2D eigenvalue weighted by Gasteiger charge is -2.48. The molecule has 2 amide bonds. The Labute approximate surface area is 276 Å². The van der Waals surface area contributed by atoms with Crippen LogP contribution in [0, 0.1) is 23.7 Å². The van der Waals surface area contributed by atoms with Crippen LogP contribution in [0.2, 0.25) is 5.04 Å². The molecule has 1 saturated carbocycles. The molecule has 7 nitrogen and oxygen atoms in total. The maximum atomic E-state index is 14.1. The lowest BCUT2D eigenvalue weighted by molar-refractivity contribution is -0.273. The van der Waals surface area contributed by atoms with Gasteiger partial charge in [0.25, 0.3) is 8.32 Å². The van der Waals surface area contributed by atoms with Crippen LogP contribution in [-0.2, 0) is 18.8 Å². The normalized spacial score (nSPS) is 27.5. The zero-order valence-corrected chi connectivity index (χ0v) is 28.0. The quantitative estimate of drug-likeness (QED) is 0.202. The molecule has 2 saturated heterocycles. The van der Waals surface area contributed by atoms with Gasteiger partial charge in [-0.05, 0) is 58.1 Å². The fourth-order valence-corrected chi connectivity index (χ4v) is 13.0. The zero-order chi connectivity index (χ0) is 33.0. The van der Waals surface area contributed by atoms with Crippen LogP contribution in [0.15, 0.2) is 115 Å². The van der Waals surface area contributed by atoms with E-state index in [1.165, 1.54) is 4.90 Å². The number of phenols is 1. The van der Waals surface area contributed by atoms with Crippen molar-refractivity contribution in [1.29, 1.82) is 0 Å². The third-order valence-corrected chi connectivity index (χ3v) is 15.5. The van der Waals surface area contributed by atoms with Gasteiger partial charge in [-0.15, -0.1) is 0 Å². The highest BCUT2D eigenvalue weighted by molar-refractivity contribution is 6.99. The van der Waals surface area contributed by atoms with Crippen LogP contribution in [-0.4, -0.2) is 42.7 Å². The second-order valence-electron chi connectivity index (χ2n) is 14.2. The van der Waals surface area contributed by atoms with E-state index in [-0.39, 0.29) is 35.6 Å². The van der Waals surface area contributed by atoms with E-state index in [0.717, 1.165) is 10.4 Å². The van der Waals surface area contributed by atoms with Gasteiger partial charge in [0.1, 0.15) is 5.75 Å². The average molecular weight is 648 g/mol. The number of phenolic OH excluding ortho intramolecular Hbond substituents is 1. The van der Waals surface area contributed by atoms with Gasteiger partial charge >= 0.3 is 0 Å². The molecule has 2 N–H and O–H groups in total. The van der Waals surface area contributed by atoms with Gasteiger partial charge in [0.2, 0.25) is 11.8 Å². The Bertz CT molecular complexity index is 1720. The van der Waals surface area contributed by atoms with Crippen LogP contribution >= 0.6 is 0 Å². The Morgan fingerprint density at radius 1 is 0.830 bits per heavy atom. The molecule has 0 aromatic heterocycles. The first-order chi connectivity index (χ1) is 22.5. The number of aliphatic hydroxyl groups is 1. The zero-order valence-electron chi connectivity index (χ0n) is 27.0. The van der Waals surface area contributed by atoms with Gasteiger partial charge in [-0.1, -0.05) is 112 Å². The highest BCUT2D eigenvalue weighted by Gasteiger charge is 2.67. The molecule has 3 fully saturated rings. The molecule has 0 radical (unpaired) electrons. The number of aromatic hydroxyl groups is 1. The van der Waals surface area contributed by atoms with E-state index in [1.54, 1.807) is 30.3 Å². The van der Waals surface area contributed by atoms with E-state index in [4.69, 9.17) is 9.16 Å². The van der Waals surface area contributed by atoms with Crippen molar-refractivity contribution in [3.63, 3.8) is 0 Å².